The summed E-state index contributed by atoms with van der Waals surface area (Å²) in [5, 5.41) is 9.04. The zero-order valence-corrected chi connectivity index (χ0v) is 11.9. The standard InChI is InChI=1S/C18H20N2/c1-16(12-19)13-20(14-17-8-4-2-5-9-17)15-18-10-6-3-7-11-18/h2-11,16H,13-15H2,1H3. The second-order valence-electron chi connectivity index (χ2n) is 5.17. The number of benzene rings is 2. The molecule has 0 aliphatic carbocycles. The number of hydrogen-bond donors (Lipinski definition) is 0. The Balaban J connectivity index is 2.06. The molecule has 0 aliphatic rings. The van der Waals surface area contributed by atoms with Crippen molar-refractivity contribution in [1.29, 1.82) is 5.26 Å². The van der Waals surface area contributed by atoms with E-state index in [1.165, 1.54) is 11.1 Å². The first kappa shape index (κ1) is 14.3. The number of hydrogen-bond acceptors (Lipinski definition) is 2. The highest BCUT2D eigenvalue weighted by Crippen LogP contribution is 2.12. The van der Waals surface area contributed by atoms with Crippen molar-refractivity contribution in [3.05, 3.63) is 71.8 Å². The topological polar surface area (TPSA) is 27.0 Å². The van der Waals surface area contributed by atoms with E-state index in [9.17, 15) is 0 Å². The quantitative estimate of drug-likeness (QED) is 0.792. The fraction of sp³-hybridized carbons (Fsp3) is 0.278. The lowest BCUT2D eigenvalue weighted by Gasteiger charge is -2.23. The zero-order chi connectivity index (χ0) is 14.2. The van der Waals surface area contributed by atoms with Crippen LogP contribution < -0.4 is 0 Å². The van der Waals surface area contributed by atoms with Crippen molar-refractivity contribution in [2.75, 3.05) is 6.54 Å². The molecule has 1 atom stereocenters. The Labute approximate surface area is 121 Å². The van der Waals surface area contributed by atoms with Gasteiger partial charge in [-0.2, -0.15) is 5.26 Å². The molecule has 0 radical (unpaired) electrons. The maximum atomic E-state index is 9.04. The minimum absolute atomic E-state index is 0.0439. The lowest BCUT2D eigenvalue weighted by molar-refractivity contribution is 0.238. The van der Waals surface area contributed by atoms with E-state index in [-0.39, 0.29) is 5.92 Å². The molecule has 0 aromatic heterocycles. The summed E-state index contributed by atoms with van der Waals surface area (Å²) in [6.45, 7) is 4.52. The van der Waals surface area contributed by atoms with Crippen LogP contribution in [-0.4, -0.2) is 11.4 Å². The van der Waals surface area contributed by atoms with Gasteiger partial charge in [0, 0.05) is 19.6 Å². The van der Waals surface area contributed by atoms with Crippen molar-refractivity contribution in [3.63, 3.8) is 0 Å². The summed E-state index contributed by atoms with van der Waals surface area (Å²) in [5.74, 6) is 0.0439. The molecule has 20 heavy (non-hydrogen) atoms. The molecule has 102 valence electrons. The molecular formula is C18H20N2. The Morgan fingerprint density at radius 3 is 1.75 bits per heavy atom. The lowest BCUT2D eigenvalue weighted by atomic mass is 10.1. The van der Waals surface area contributed by atoms with E-state index in [0.29, 0.717) is 0 Å². The van der Waals surface area contributed by atoms with Gasteiger partial charge >= 0.3 is 0 Å². The summed E-state index contributed by atoms with van der Waals surface area (Å²) >= 11 is 0. The largest absolute Gasteiger partial charge is 0.294 e. The normalized spacial score (nSPS) is 12.1. The van der Waals surface area contributed by atoms with Crippen molar-refractivity contribution < 1.29 is 0 Å². The Bertz CT molecular complexity index is 501. The monoisotopic (exact) mass is 264 g/mol. The first-order chi connectivity index (χ1) is 9.78. The van der Waals surface area contributed by atoms with Gasteiger partial charge in [-0.05, 0) is 18.1 Å². The maximum Gasteiger partial charge on any atom is 0.0666 e. The van der Waals surface area contributed by atoms with Crippen molar-refractivity contribution in [3.8, 4) is 6.07 Å². The van der Waals surface area contributed by atoms with Gasteiger partial charge in [0.25, 0.3) is 0 Å². The van der Waals surface area contributed by atoms with Crippen molar-refractivity contribution >= 4 is 0 Å². The van der Waals surface area contributed by atoms with Crippen LogP contribution in [0.3, 0.4) is 0 Å². The molecule has 0 spiro atoms. The Morgan fingerprint density at radius 1 is 0.900 bits per heavy atom. The average molecular weight is 264 g/mol. The molecule has 0 N–H and O–H groups in total. The third kappa shape index (κ3) is 4.53. The lowest BCUT2D eigenvalue weighted by Crippen LogP contribution is -2.27. The zero-order valence-electron chi connectivity index (χ0n) is 11.9. The van der Waals surface area contributed by atoms with Gasteiger partial charge in [0.1, 0.15) is 0 Å². The van der Waals surface area contributed by atoms with Crippen LogP contribution in [0.2, 0.25) is 0 Å². The predicted molar refractivity (Wildman–Crippen MR) is 81.8 cm³/mol. The molecule has 2 nitrogen and oxygen atoms in total. The second-order valence-corrected chi connectivity index (χ2v) is 5.17. The van der Waals surface area contributed by atoms with E-state index in [1.54, 1.807) is 0 Å². The Morgan fingerprint density at radius 2 is 1.35 bits per heavy atom. The van der Waals surface area contributed by atoms with Gasteiger partial charge in [0.05, 0.1) is 12.0 Å². The average Bonchev–Trinajstić information content (AvgIpc) is 2.49. The molecule has 0 heterocycles. The predicted octanol–water partition coefficient (Wildman–Crippen LogP) is 3.85. The molecule has 0 saturated heterocycles. The van der Waals surface area contributed by atoms with Crippen LogP contribution >= 0.6 is 0 Å². The molecular weight excluding hydrogens is 244 g/mol. The second kappa shape index (κ2) is 7.47. The van der Waals surface area contributed by atoms with E-state index < -0.39 is 0 Å². The molecule has 0 bridgehead atoms. The maximum absolute atomic E-state index is 9.04. The van der Waals surface area contributed by atoms with Crippen LogP contribution in [0.25, 0.3) is 0 Å². The molecule has 0 amide bonds. The summed E-state index contributed by atoms with van der Waals surface area (Å²) in [6.07, 6.45) is 0. The summed E-state index contributed by atoms with van der Waals surface area (Å²) in [5.41, 5.74) is 2.57. The molecule has 2 heteroatoms. The van der Waals surface area contributed by atoms with E-state index in [1.807, 2.05) is 19.1 Å². The Kier molecular flexibility index (Phi) is 5.34. The fourth-order valence-corrected chi connectivity index (χ4v) is 2.30. The number of rotatable bonds is 6. The van der Waals surface area contributed by atoms with Crippen LogP contribution in [0.15, 0.2) is 60.7 Å². The minimum Gasteiger partial charge on any atom is -0.294 e. The van der Waals surface area contributed by atoms with Gasteiger partial charge in [-0.25, -0.2) is 0 Å². The van der Waals surface area contributed by atoms with E-state index in [0.717, 1.165) is 19.6 Å². The summed E-state index contributed by atoms with van der Waals surface area (Å²) in [4.78, 5) is 2.33. The SMILES string of the molecule is CC(C#N)CN(Cc1ccccc1)Cc1ccccc1. The van der Waals surface area contributed by atoms with Gasteiger partial charge in [-0.1, -0.05) is 60.7 Å². The summed E-state index contributed by atoms with van der Waals surface area (Å²) in [7, 11) is 0. The Hall–Kier alpha value is -2.11. The minimum atomic E-state index is 0.0439. The van der Waals surface area contributed by atoms with E-state index >= 15 is 0 Å². The highest BCUT2D eigenvalue weighted by molar-refractivity contribution is 5.17. The fourth-order valence-electron chi connectivity index (χ4n) is 2.30. The smallest absolute Gasteiger partial charge is 0.0666 e. The van der Waals surface area contributed by atoms with Crippen LogP contribution in [-0.2, 0) is 13.1 Å². The molecule has 1 unspecified atom stereocenters. The third-order valence-electron chi connectivity index (χ3n) is 3.25. The van der Waals surface area contributed by atoms with Crippen molar-refractivity contribution in [2.24, 2.45) is 5.92 Å². The highest BCUT2D eigenvalue weighted by Gasteiger charge is 2.11. The van der Waals surface area contributed by atoms with Gasteiger partial charge in [0.15, 0.2) is 0 Å². The molecule has 2 rings (SSSR count). The van der Waals surface area contributed by atoms with Crippen LogP contribution in [0.5, 0.6) is 0 Å². The first-order valence-electron chi connectivity index (χ1n) is 6.98. The molecule has 0 aliphatic heterocycles. The van der Waals surface area contributed by atoms with E-state index in [2.05, 4.69) is 59.5 Å². The number of nitriles is 1. The van der Waals surface area contributed by atoms with Crippen LogP contribution in [0.4, 0.5) is 0 Å². The highest BCUT2D eigenvalue weighted by atomic mass is 15.1. The molecule has 0 fully saturated rings. The number of nitrogens with zero attached hydrogens (tertiary/aromatic N) is 2. The molecule has 2 aromatic rings. The molecule has 0 saturated carbocycles. The van der Waals surface area contributed by atoms with Crippen molar-refractivity contribution in [1.82, 2.24) is 4.90 Å². The van der Waals surface area contributed by atoms with Gasteiger partial charge < -0.3 is 0 Å². The van der Waals surface area contributed by atoms with Gasteiger partial charge in [-0.3, -0.25) is 4.90 Å². The summed E-state index contributed by atoms with van der Waals surface area (Å²) < 4.78 is 0. The molecule has 2 aromatic carbocycles. The van der Waals surface area contributed by atoms with E-state index in [4.69, 9.17) is 5.26 Å². The van der Waals surface area contributed by atoms with Gasteiger partial charge in [-0.15, -0.1) is 0 Å². The van der Waals surface area contributed by atoms with Crippen LogP contribution in [0, 0.1) is 17.2 Å². The summed E-state index contributed by atoms with van der Waals surface area (Å²) in [6, 6.07) is 23.2. The van der Waals surface area contributed by atoms with Crippen molar-refractivity contribution in [2.45, 2.75) is 20.0 Å². The first-order valence-corrected chi connectivity index (χ1v) is 6.98. The van der Waals surface area contributed by atoms with Gasteiger partial charge in [0.2, 0.25) is 0 Å². The van der Waals surface area contributed by atoms with Crippen LogP contribution in [0.1, 0.15) is 18.1 Å². The third-order valence-corrected chi connectivity index (χ3v) is 3.25.